The second-order valence-corrected chi connectivity index (χ2v) is 5.54. The van der Waals surface area contributed by atoms with Gasteiger partial charge < -0.3 is 14.7 Å². The van der Waals surface area contributed by atoms with E-state index in [1.807, 2.05) is 0 Å². The molecule has 0 radical (unpaired) electrons. The number of aromatic hydroxyl groups is 1. The van der Waals surface area contributed by atoms with E-state index in [9.17, 15) is 24.8 Å². The van der Waals surface area contributed by atoms with Crippen LogP contribution in [0.5, 0.6) is 5.88 Å². The van der Waals surface area contributed by atoms with Crippen LogP contribution in [0.1, 0.15) is 15.9 Å². The molecule has 3 rings (SSSR count). The highest BCUT2D eigenvalue weighted by molar-refractivity contribution is 6.06. The van der Waals surface area contributed by atoms with Crippen molar-refractivity contribution in [3.8, 4) is 5.88 Å². The van der Waals surface area contributed by atoms with Crippen LogP contribution in [0.4, 0.5) is 5.69 Å². The molecule has 27 heavy (non-hydrogen) atoms. The van der Waals surface area contributed by atoms with Crippen molar-refractivity contribution in [1.82, 2.24) is 4.73 Å². The Balaban J connectivity index is 2.21. The first-order valence-electron chi connectivity index (χ1n) is 7.75. The minimum atomic E-state index is -0.914. The first-order valence-corrected chi connectivity index (χ1v) is 7.75. The predicted octanol–water partition coefficient (Wildman–Crippen LogP) is 2.03. The van der Waals surface area contributed by atoms with Crippen molar-refractivity contribution in [1.29, 1.82) is 0 Å². The lowest BCUT2D eigenvalue weighted by Gasteiger charge is -2.14. The second kappa shape index (κ2) is 7.16. The number of hydrogen-bond acceptors (Lipinski definition) is 7. The van der Waals surface area contributed by atoms with E-state index in [1.54, 1.807) is 30.3 Å². The molecule has 0 aliphatic rings. The number of methoxy groups -OCH3 is 1. The largest absolute Gasteiger partial charge is 0.492 e. The number of nitro benzene ring substituents is 1. The Morgan fingerprint density at radius 1 is 1.19 bits per heavy atom. The fourth-order valence-corrected chi connectivity index (χ4v) is 2.60. The van der Waals surface area contributed by atoms with Gasteiger partial charge in [0, 0.05) is 17.5 Å². The highest BCUT2D eigenvalue weighted by Crippen LogP contribution is 2.27. The van der Waals surface area contributed by atoms with E-state index >= 15 is 0 Å². The Labute approximate surface area is 152 Å². The van der Waals surface area contributed by atoms with E-state index < -0.39 is 22.3 Å². The first kappa shape index (κ1) is 17.9. The maximum absolute atomic E-state index is 12.7. The SMILES string of the molecule is COC(=O)c1c(O)n(OCc2ccccc2)c(=O)c2cc([N+](=O)[O-])ccc12. The van der Waals surface area contributed by atoms with Crippen LogP contribution in [0.15, 0.2) is 53.3 Å². The Morgan fingerprint density at radius 3 is 2.52 bits per heavy atom. The standard InChI is InChI=1S/C18H14N2O7/c1-26-18(23)15-13-8-7-12(20(24)25)9-14(13)16(21)19(17(15)22)27-10-11-5-3-2-4-6-11/h2-9,22H,10H2,1H3. The second-order valence-electron chi connectivity index (χ2n) is 5.54. The molecule has 0 saturated carbocycles. The molecule has 0 amide bonds. The van der Waals surface area contributed by atoms with Crippen LogP contribution in [0.2, 0.25) is 0 Å². The summed E-state index contributed by atoms with van der Waals surface area (Å²) in [5.74, 6) is -1.66. The van der Waals surface area contributed by atoms with Crippen LogP contribution in [0, 0.1) is 10.1 Å². The number of pyridine rings is 1. The molecule has 0 aliphatic carbocycles. The molecule has 9 heteroatoms. The van der Waals surface area contributed by atoms with Gasteiger partial charge in [0.05, 0.1) is 17.4 Å². The van der Waals surface area contributed by atoms with Crippen LogP contribution in [0.3, 0.4) is 0 Å². The summed E-state index contributed by atoms with van der Waals surface area (Å²) in [5, 5.41) is 21.3. The van der Waals surface area contributed by atoms with Crippen molar-refractivity contribution in [3.05, 3.63) is 80.1 Å². The van der Waals surface area contributed by atoms with E-state index in [4.69, 9.17) is 4.84 Å². The molecule has 1 heterocycles. The van der Waals surface area contributed by atoms with Crippen LogP contribution in [-0.4, -0.2) is 27.8 Å². The van der Waals surface area contributed by atoms with Gasteiger partial charge in [-0.25, -0.2) is 4.79 Å². The number of carbonyl (C=O) groups is 1. The van der Waals surface area contributed by atoms with Crippen molar-refractivity contribution in [2.75, 3.05) is 7.11 Å². The summed E-state index contributed by atoms with van der Waals surface area (Å²) in [4.78, 5) is 40.6. The van der Waals surface area contributed by atoms with Crippen molar-refractivity contribution in [2.24, 2.45) is 0 Å². The number of aromatic nitrogens is 1. The molecular formula is C18H14N2O7. The maximum Gasteiger partial charge on any atom is 0.344 e. The molecule has 0 bridgehead atoms. The molecule has 1 N–H and O–H groups in total. The van der Waals surface area contributed by atoms with Crippen LogP contribution >= 0.6 is 0 Å². The van der Waals surface area contributed by atoms with Gasteiger partial charge >= 0.3 is 5.97 Å². The van der Waals surface area contributed by atoms with E-state index in [2.05, 4.69) is 4.74 Å². The average molecular weight is 370 g/mol. The number of nitrogens with zero attached hydrogens (tertiary/aromatic N) is 2. The summed E-state index contributed by atoms with van der Waals surface area (Å²) in [6.07, 6.45) is 0. The molecule has 0 atom stereocenters. The minimum absolute atomic E-state index is 0.0227. The quantitative estimate of drug-likeness (QED) is 0.414. The lowest BCUT2D eigenvalue weighted by Crippen LogP contribution is -2.28. The lowest BCUT2D eigenvalue weighted by atomic mass is 10.1. The molecular weight excluding hydrogens is 356 g/mol. The van der Waals surface area contributed by atoms with Crippen molar-refractivity contribution in [3.63, 3.8) is 0 Å². The number of non-ortho nitro benzene ring substituents is 1. The minimum Gasteiger partial charge on any atom is -0.492 e. The topological polar surface area (TPSA) is 121 Å². The smallest absolute Gasteiger partial charge is 0.344 e. The van der Waals surface area contributed by atoms with Gasteiger partial charge in [-0.3, -0.25) is 14.9 Å². The Bertz CT molecular complexity index is 1090. The molecule has 2 aromatic carbocycles. The van der Waals surface area contributed by atoms with Gasteiger partial charge in [0.25, 0.3) is 11.2 Å². The summed E-state index contributed by atoms with van der Waals surface area (Å²) < 4.78 is 5.19. The van der Waals surface area contributed by atoms with Gasteiger partial charge in [0.1, 0.15) is 12.2 Å². The number of carbonyl (C=O) groups excluding carboxylic acids is 1. The lowest BCUT2D eigenvalue weighted by molar-refractivity contribution is -0.384. The highest BCUT2D eigenvalue weighted by atomic mass is 16.7. The number of esters is 1. The van der Waals surface area contributed by atoms with Crippen LogP contribution in [0.25, 0.3) is 10.8 Å². The van der Waals surface area contributed by atoms with E-state index in [0.29, 0.717) is 10.3 Å². The van der Waals surface area contributed by atoms with Gasteiger partial charge in [-0.05, 0) is 11.6 Å². The molecule has 3 aromatic rings. The van der Waals surface area contributed by atoms with Crippen molar-refractivity contribution >= 4 is 22.4 Å². The first-order chi connectivity index (χ1) is 12.9. The van der Waals surface area contributed by atoms with Crippen molar-refractivity contribution in [2.45, 2.75) is 6.61 Å². The molecule has 0 aliphatic heterocycles. The Hall–Kier alpha value is -3.88. The average Bonchev–Trinajstić information content (AvgIpc) is 2.68. The summed E-state index contributed by atoms with van der Waals surface area (Å²) in [5.41, 5.74) is -0.789. The zero-order chi connectivity index (χ0) is 19.6. The molecule has 0 unspecified atom stereocenters. The third-order valence-electron chi connectivity index (χ3n) is 3.91. The molecule has 0 saturated heterocycles. The van der Waals surface area contributed by atoms with Gasteiger partial charge in [0.2, 0.25) is 5.88 Å². The van der Waals surface area contributed by atoms with Gasteiger partial charge in [-0.1, -0.05) is 30.3 Å². The van der Waals surface area contributed by atoms with Gasteiger partial charge in [-0.2, -0.15) is 0 Å². The summed E-state index contributed by atoms with van der Waals surface area (Å²) >= 11 is 0. The van der Waals surface area contributed by atoms with Gasteiger partial charge in [-0.15, -0.1) is 4.73 Å². The highest BCUT2D eigenvalue weighted by Gasteiger charge is 2.25. The monoisotopic (exact) mass is 370 g/mol. The Morgan fingerprint density at radius 2 is 1.89 bits per heavy atom. The number of nitro groups is 1. The zero-order valence-electron chi connectivity index (χ0n) is 14.1. The van der Waals surface area contributed by atoms with Crippen LogP contribution < -0.4 is 10.4 Å². The van der Waals surface area contributed by atoms with E-state index in [0.717, 1.165) is 19.2 Å². The molecule has 0 spiro atoms. The molecule has 9 nitrogen and oxygen atoms in total. The van der Waals surface area contributed by atoms with E-state index in [-0.39, 0.29) is 28.6 Å². The predicted molar refractivity (Wildman–Crippen MR) is 94.6 cm³/mol. The summed E-state index contributed by atoms with van der Waals surface area (Å²) in [6.45, 7) is -0.0741. The number of fused-ring (bicyclic) bond motifs is 1. The van der Waals surface area contributed by atoms with E-state index in [1.165, 1.54) is 6.07 Å². The third kappa shape index (κ3) is 3.30. The fraction of sp³-hybridized carbons (Fsp3) is 0.111. The summed E-state index contributed by atoms with van der Waals surface area (Å²) in [6, 6.07) is 12.2. The molecule has 138 valence electrons. The number of ether oxygens (including phenoxy) is 1. The van der Waals surface area contributed by atoms with Gasteiger partial charge in [0.15, 0.2) is 0 Å². The fourth-order valence-electron chi connectivity index (χ4n) is 2.60. The number of hydrogen-bond donors (Lipinski definition) is 1. The zero-order valence-corrected chi connectivity index (χ0v) is 14.1. The normalized spacial score (nSPS) is 10.6. The van der Waals surface area contributed by atoms with Crippen molar-refractivity contribution < 1.29 is 24.4 Å². The summed E-state index contributed by atoms with van der Waals surface area (Å²) in [7, 11) is 1.11. The molecule has 1 aromatic heterocycles. The number of rotatable bonds is 5. The third-order valence-corrected chi connectivity index (χ3v) is 3.91. The maximum atomic E-state index is 12.7. The Kier molecular flexibility index (Phi) is 4.75. The number of benzene rings is 2. The molecule has 0 fully saturated rings. The van der Waals surface area contributed by atoms with Crippen LogP contribution in [-0.2, 0) is 11.3 Å².